The molecule has 0 bridgehead atoms. The van der Waals surface area contributed by atoms with Crippen molar-refractivity contribution < 1.29 is 59.9 Å². The van der Waals surface area contributed by atoms with Gasteiger partial charge in [-0.2, -0.15) is 0 Å². The monoisotopic (exact) mass is 428 g/mol. The van der Waals surface area contributed by atoms with E-state index in [1.54, 1.807) is 0 Å². The van der Waals surface area contributed by atoms with Crippen LogP contribution in [0.3, 0.4) is 0 Å². The van der Waals surface area contributed by atoms with Gasteiger partial charge in [-0.15, -0.1) is 0 Å². The number of hydrogen-bond acceptors (Lipinski definition) is 13. The van der Waals surface area contributed by atoms with Gasteiger partial charge in [0, 0.05) is 6.42 Å². The third kappa shape index (κ3) is 4.84. The third-order valence-corrected chi connectivity index (χ3v) is 5.12. The van der Waals surface area contributed by atoms with Crippen LogP contribution in [0.25, 0.3) is 0 Å². The third-order valence-electron chi connectivity index (χ3n) is 5.12. The standard InChI is InChI=1S/C15H28N2O12/c16-7-4(19)1-15(14(25)26,29-12(7)9(21)5(20)2-18)27-3-6-10(22)11(23)8(17)13(24)28-6/h4-13,18-24H,1-3,16-17H2,(H,25,26)/t4-,5-,6?,7-,8?,9-,10+,11-,12?,13+,15-/m1/s1. The zero-order valence-corrected chi connectivity index (χ0v) is 15.3. The fourth-order valence-corrected chi connectivity index (χ4v) is 3.21. The summed E-state index contributed by atoms with van der Waals surface area (Å²) < 4.78 is 15.5. The van der Waals surface area contributed by atoms with Gasteiger partial charge in [0.15, 0.2) is 6.29 Å². The number of nitrogens with two attached hydrogens (primary N) is 2. The molecule has 0 aromatic rings. The molecule has 2 aliphatic heterocycles. The van der Waals surface area contributed by atoms with Gasteiger partial charge < -0.3 is 66.5 Å². The van der Waals surface area contributed by atoms with Crippen molar-refractivity contribution in [2.45, 2.75) is 73.3 Å². The van der Waals surface area contributed by atoms with Crippen molar-refractivity contribution in [2.24, 2.45) is 11.5 Å². The van der Waals surface area contributed by atoms with E-state index in [0.29, 0.717) is 0 Å². The highest BCUT2D eigenvalue weighted by Gasteiger charge is 2.55. The van der Waals surface area contributed by atoms with Crippen molar-refractivity contribution in [2.75, 3.05) is 13.2 Å². The van der Waals surface area contributed by atoms with Crippen LogP contribution >= 0.6 is 0 Å². The summed E-state index contributed by atoms with van der Waals surface area (Å²) in [5.41, 5.74) is 11.2. The Labute approximate surface area is 164 Å². The molecule has 14 heteroatoms. The Kier molecular flexibility index (Phi) is 7.88. The van der Waals surface area contributed by atoms with Crippen LogP contribution in [0, 0.1) is 0 Å². The molecule has 0 aromatic carbocycles. The largest absolute Gasteiger partial charge is 0.477 e. The number of ether oxygens (including phenoxy) is 3. The molecule has 0 aromatic heterocycles. The van der Waals surface area contributed by atoms with Crippen LogP contribution in [0.15, 0.2) is 0 Å². The average molecular weight is 428 g/mol. The normalized spacial score (nSPS) is 45.6. The molecular weight excluding hydrogens is 400 g/mol. The van der Waals surface area contributed by atoms with Crippen LogP contribution in [-0.4, -0.2) is 127 Å². The molecule has 12 N–H and O–H groups in total. The second-order valence-corrected chi connectivity index (χ2v) is 7.16. The summed E-state index contributed by atoms with van der Waals surface area (Å²) in [4.78, 5) is 11.9. The Hall–Kier alpha value is -1.01. The van der Waals surface area contributed by atoms with Crippen LogP contribution in [0.4, 0.5) is 0 Å². The minimum atomic E-state index is -2.57. The van der Waals surface area contributed by atoms with Crippen LogP contribution in [-0.2, 0) is 19.0 Å². The van der Waals surface area contributed by atoms with Gasteiger partial charge in [-0.05, 0) is 0 Å². The lowest BCUT2D eigenvalue weighted by Gasteiger charge is -2.46. The van der Waals surface area contributed by atoms with Crippen molar-refractivity contribution in [1.82, 2.24) is 0 Å². The van der Waals surface area contributed by atoms with Gasteiger partial charge in [-0.25, -0.2) is 4.79 Å². The molecule has 2 fully saturated rings. The Morgan fingerprint density at radius 3 is 2.31 bits per heavy atom. The minimum Gasteiger partial charge on any atom is -0.477 e. The molecular formula is C15H28N2O12. The number of aliphatic carboxylic acids is 1. The van der Waals surface area contributed by atoms with E-state index in [1.807, 2.05) is 0 Å². The summed E-state index contributed by atoms with van der Waals surface area (Å²) in [6.07, 6.45) is -13.8. The number of carbonyl (C=O) groups is 1. The first-order chi connectivity index (χ1) is 13.4. The van der Waals surface area contributed by atoms with Gasteiger partial charge in [0.1, 0.15) is 36.6 Å². The first kappa shape index (κ1) is 24.3. The van der Waals surface area contributed by atoms with E-state index in [-0.39, 0.29) is 0 Å². The zero-order valence-electron chi connectivity index (χ0n) is 15.3. The van der Waals surface area contributed by atoms with E-state index in [2.05, 4.69) is 0 Å². The molecule has 0 amide bonds. The molecule has 2 rings (SSSR count). The van der Waals surface area contributed by atoms with E-state index in [1.165, 1.54) is 0 Å². The van der Waals surface area contributed by atoms with E-state index in [9.17, 15) is 40.5 Å². The topological polar surface area (TPSA) is 259 Å². The predicted molar refractivity (Wildman–Crippen MR) is 89.8 cm³/mol. The zero-order chi connectivity index (χ0) is 22.1. The summed E-state index contributed by atoms with van der Waals surface area (Å²) in [5.74, 6) is -4.29. The van der Waals surface area contributed by atoms with Crippen molar-refractivity contribution in [1.29, 1.82) is 0 Å². The van der Waals surface area contributed by atoms with Crippen molar-refractivity contribution >= 4 is 5.97 Å². The molecule has 11 atom stereocenters. The predicted octanol–water partition coefficient (Wildman–Crippen LogP) is -6.26. The van der Waals surface area contributed by atoms with Crippen molar-refractivity contribution in [3.63, 3.8) is 0 Å². The highest BCUT2D eigenvalue weighted by Crippen LogP contribution is 2.33. The Bertz CT molecular complexity index is 569. The molecule has 0 aliphatic carbocycles. The lowest BCUT2D eigenvalue weighted by molar-refractivity contribution is -0.326. The maximum Gasteiger partial charge on any atom is 0.364 e. The smallest absolute Gasteiger partial charge is 0.364 e. The fraction of sp³-hybridized carbons (Fsp3) is 0.933. The Morgan fingerprint density at radius 1 is 1.14 bits per heavy atom. The molecule has 2 aliphatic rings. The molecule has 2 heterocycles. The SMILES string of the molecule is NC1[C@@H](O)[C@@H](O)C(CO[C@]2(C(=O)O)C[C@@H](O)[C@@H](N)C([C@H](O)[C@H](O)CO)O2)O[C@@H]1O. The van der Waals surface area contributed by atoms with Gasteiger partial charge >= 0.3 is 5.97 Å². The molecule has 14 nitrogen and oxygen atoms in total. The number of aliphatic hydroxyl groups excluding tert-OH is 7. The molecule has 0 spiro atoms. The van der Waals surface area contributed by atoms with Crippen LogP contribution < -0.4 is 11.5 Å². The summed E-state index contributed by atoms with van der Waals surface area (Å²) in [6.45, 7) is -1.61. The Balaban J connectivity index is 2.19. The maximum atomic E-state index is 11.9. The molecule has 29 heavy (non-hydrogen) atoms. The number of carboxylic acids is 1. The highest BCUT2D eigenvalue weighted by molar-refractivity contribution is 5.76. The van der Waals surface area contributed by atoms with Gasteiger partial charge in [0.2, 0.25) is 0 Å². The van der Waals surface area contributed by atoms with Crippen molar-refractivity contribution in [3.05, 3.63) is 0 Å². The lowest BCUT2D eigenvalue weighted by Crippen LogP contribution is -2.67. The molecule has 2 saturated heterocycles. The van der Waals surface area contributed by atoms with E-state index in [0.717, 1.165) is 0 Å². The number of carboxylic acid groups (broad SMARTS) is 1. The van der Waals surface area contributed by atoms with Crippen LogP contribution in [0.2, 0.25) is 0 Å². The Morgan fingerprint density at radius 2 is 1.76 bits per heavy atom. The summed E-state index contributed by atoms with van der Waals surface area (Å²) >= 11 is 0. The molecule has 170 valence electrons. The number of hydrogen-bond donors (Lipinski definition) is 10. The molecule has 0 radical (unpaired) electrons. The van der Waals surface area contributed by atoms with Crippen LogP contribution in [0.1, 0.15) is 6.42 Å². The second kappa shape index (κ2) is 9.42. The van der Waals surface area contributed by atoms with Gasteiger partial charge in [-0.3, -0.25) is 0 Å². The summed E-state index contributed by atoms with van der Waals surface area (Å²) in [7, 11) is 0. The molecule has 0 saturated carbocycles. The summed E-state index contributed by atoms with van der Waals surface area (Å²) in [5, 5.41) is 78.0. The lowest BCUT2D eigenvalue weighted by atomic mass is 9.89. The van der Waals surface area contributed by atoms with E-state index < -0.39 is 92.5 Å². The average Bonchev–Trinajstić information content (AvgIpc) is 2.69. The van der Waals surface area contributed by atoms with E-state index >= 15 is 0 Å². The minimum absolute atomic E-state index is 0.685. The number of rotatable bonds is 7. The van der Waals surface area contributed by atoms with E-state index in [4.69, 9.17) is 30.8 Å². The first-order valence-electron chi connectivity index (χ1n) is 8.86. The summed E-state index contributed by atoms with van der Waals surface area (Å²) in [6, 6.07) is -2.62. The highest BCUT2D eigenvalue weighted by atomic mass is 16.7. The number of aliphatic hydroxyl groups is 7. The molecule has 3 unspecified atom stereocenters. The second-order valence-electron chi connectivity index (χ2n) is 7.16. The first-order valence-corrected chi connectivity index (χ1v) is 8.86. The van der Waals surface area contributed by atoms with Crippen molar-refractivity contribution in [3.8, 4) is 0 Å². The van der Waals surface area contributed by atoms with Gasteiger partial charge in [-0.1, -0.05) is 0 Å². The van der Waals surface area contributed by atoms with Gasteiger partial charge in [0.05, 0.1) is 31.4 Å². The fourth-order valence-electron chi connectivity index (χ4n) is 3.21. The van der Waals surface area contributed by atoms with Crippen LogP contribution in [0.5, 0.6) is 0 Å². The van der Waals surface area contributed by atoms with Gasteiger partial charge in [0.25, 0.3) is 5.79 Å². The maximum absolute atomic E-state index is 11.9. The quantitative estimate of drug-likeness (QED) is 0.181.